The molecule has 4 aliphatic rings. The highest BCUT2D eigenvalue weighted by Crippen LogP contribution is 2.68. The van der Waals surface area contributed by atoms with Crippen molar-refractivity contribution in [3.05, 3.63) is 0 Å². The number of rotatable bonds is 7. The van der Waals surface area contributed by atoms with Crippen LogP contribution < -0.4 is 5.32 Å². The highest BCUT2D eigenvalue weighted by Gasteiger charge is 2.62. The summed E-state index contributed by atoms with van der Waals surface area (Å²) in [4.78, 5) is 11.7. The predicted molar refractivity (Wildman–Crippen MR) is 126 cm³/mol. The van der Waals surface area contributed by atoms with Crippen LogP contribution in [0.3, 0.4) is 0 Å². The number of ether oxygens (including phenoxy) is 1. The maximum Gasteiger partial charge on any atom is 0.305 e. The molecule has 5 unspecified atom stereocenters. The lowest BCUT2D eigenvalue weighted by atomic mass is 9.43. The normalized spacial score (nSPS) is 46.6. The van der Waals surface area contributed by atoms with E-state index in [4.69, 9.17) is 4.74 Å². The molecule has 32 heavy (non-hydrogen) atoms. The molecule has 4 saturated carbocycles. The van der Waals surface area contributed by atoms with Crippen LogP contribution in [0.2, 0.25) is 0 Å². The molecular weight excluding hydrogens is 402 g/mol. The molecule has 4 rings (SSSR count). The number of hydrogen-bond acceptors (Lipinski definition) is 5. The van der Waals surface area contributed by atoms with Crippen molar-refractivity contribution in [1.29, 1.82) is 0 Å². The van der Waals surface area contributed by atoms with Gasteiger partial charge in [0, 0.05) is 19.0 Å². The van der Waals surface area contributed by atoms with Crippen molar-refractivity contribution in [2.75, 3.05) is 20.3 Å². The molecule has 0 bridgehead atoms. The fraction of sp³-hybridized carbons (Fsp3) is 0.963. The summed E-state index contributed by atoms with van der Waals surface area (Å²) < 4.78 is 4.88. The van der Waals surface area contributed by atoms with Crippen LogP contribution in [0.25, 0.3) is 0 Å². The predicted octanol–water partition coefficient (Wildman–Crippen LogP) is 4.16. The van der Waals surface area contributed by atoms with E-state index in [0.29, 0.717) is 65.3 Å². The Hall–Kier alpha value is -0.650. The molecule has 0 heterocycles. The van der Waals surface area contributed by atoms with E-state index in [2.05, 4.69) is 26.1 Å². The third kappa shape index (κ3) is 4.15. The van der Waals surface area contributed by atoms with Crippen LogP contribution >= 0.6 is 0 Å². The maximum atomic E-state index is 11.7. The minimum atomic E-state index is -0.177. The van der Waals surface area contributed by atoms with E-state index in [0.717, 1.165) is 19.3 Å². The molecular formula is C27H47NO4. The van der Waals surface area contributed by atoms with Crippen LogP contribution in [-0.2, 0) is 9.53 Å². The molecule has 0 aromatic rings. The zero-order valence-corrected chi connectivity index (χ0v) is 20.8. The van der Waals surface area contributed by atoms with Gasteiger partial charge in [0.05, 0.1) is 19.8 Å². The van der Waals surface area contributed by atoms with Gasteiger partial charge in [-0.15, -0.1) is 0 Å². The molecule has 0 aromatic heterocycles. The number of aliphatic hydroxyl groups excluding tert-OH is 2. The SMILES string of the molecule is COC(=O)CCC(C)[C@H]1CCC2C3C(CC[C@@]21C)[C@@]1(C)CCC(NCCO)C[C@H]1C[C@H]3O. The van der Waals surface area contributed by atoms with Crippen molar-refractivity contribution >= 4 is 5.97 Å². The lowest BCUT2D eigenvalue weighted by molar-refractivity contribution is -0.167. The van der Waals surface area contributed by atoms with Crippen LogP contribution in [0.5, 0.6) is 0 Å². The molecule has 10 atom stereocenters. The Kier molecular flexibility index (Phi) is 7.30. The van der Waals surface area contributed by atoms with E-state index >= 15 is 0 Å². The summed E-state index contributed by atoms with van der Waals surface area (Å²) >= 11 is 0. The van der Waals surface area contributed by atoms with Gasteiger partial charge in [0.15, 0.2) is 0 Å². The third-order valence-corrected chi connectivity index (χ3v) is 11.0. The van der Waals surface area contributed by atoms with Gasteiger partial charge in [-0.2, -0.15) is 0 Å². The number of fused-ring (bicyclic) bond motifs is 5. The van der Waals surface area contributed by atoms with Crippen LogP contribution in [0.1, 0.15) is 85.0 Å². The maximum absolute atomic E-state index is 11.7. The standard InChI is InChI=1S/C27H47NO4/c1-17(5-8-24(31)32-4)20-6-7-21-25-22(10-12-27(20,21)3)26(2)11-9-19(28-13-14-29)15-18(26)16-23(25)30/h17-23,25,28-30H,5-16H2,1-4H3/t17?,18-,19?,20+,21?,22?,23+,25?,26-,27+/m0/s1. The number of carbonyl (C=O) groups excluding carboxylic acids is 1. The first-order valence-electron chi connectivity index (χ1n) is 13.3. The number of esters is 1. The zero-order chi connectivity index (χ0) is 23.1. The number of carbonyl (C=O) groups is 1. The van der Waals surface area contributed by atoms with Crippen molar-refractivity contribution in [3.63, 3.8) is 0 Å². The van der Waals surface area contributed by atoms with Gasteiger partial charge in [0.25, 0.3) is 0 Å². The Morgan fingerprint density at radius 1 is 1.09 bits per heavy atom. The lowest BCUT2D eigenvalue weighted by Crippen LogP contribution is -2.59. The highest BCUT2D eigenvalue weighted by molar-refractivity contribution is 5.69. The first kappa shape index (κ1) is 24.5. The van der Waals surface area contributed by atoms with Gasteiger partial charge in [-0.05, 0) is 104 Å². The summed E-state index contributed by atoms with van der Waals surface area (Å²) in [6, 6.07) is 0.490. The molecule has 0 spiro atoms. The van der Waals surface area contributed by atoms with Crippen LogP contribution in [0, 0.1) is 46.3 Å². The number of aliphatic hydroxyl groups is 2. The molecule has 0 aromatic carbocycles. The zero-order valence-electron chi connectivity index (χ0n) is 20.8. The number of nitrogens with one attached hydrogen (secondary N) is 1. The molecule has 3 N–H and O–H groups in total. The van der Waals surface area contributed by atoms with Crippen molar-refractivity contribution in [2.24, 2.45) is 46.3 Å². The summed E-state index contributed by atoms with van der Waals surface area (Å²) in [5.74, 6) is 3.36. The Morgan fingerprint density at radius 3 is 2.53 bits per heavy atom. The molecule has 5 nitrogen and oxygen atoms in total. The van der Waals surface area contributed by atoms with E-state index in [1.165, 1.54) is 45.6 Å². The largest absolute Gasteiger partial charge is 0.469 e. The van der Waals surface area contributed by atoms with Crippen molar-refractivity contribution < 1.29 is 19.7 Å². The van der Waals surface area contributed by atoms with E-state index in [1.54, 1.807) is 0 Å². The van der Waals surface area contributed by atoms with Crippen molar-refractivity contribution in [1.82, 2.24) is 5.32 Å². The molecule has 4 fully saturated rings. The Morgan fingerprint density at radius 2 is 1.81 bits per heavy atom. The van der Waals surface area contributed by atoms with Gasteiger partial charge in [-0.25, -0.2) is 0 Å². The smallest absolute Gasteiger partial charge is 0.305 e. The summed E-state index contributed by atoms with van der Waals surface area (Å²) in [5, 5.41) is 24.2. The lowest BCUT2D eigenvalue weighted by Gasteiger charge is -2.62. The minimum absolute atomic E-state index is 0.0917. The van der Waals surface area contributed by atoms with Gasteiger partial charge in [-0.3, -0.25) is 4.79 Å². The van der Waals surface area contributed by atoms with E-state index < -0.39 is 0 Å². The van der Waals surface area contributed by atoms with E-state index in [1.807, 2.05) is 0 Å². The summed E-state index contributed by atoms with van der Waals surface area (Å²) in [5.41, 5.74) is 0.637. The van der Waals surface area contributed by atoms with E-state index in [9.17, 15) is 15.0 Å². The number of methoxy groups -OCH3 is 1. The summed E-state index contributed by atoms with van der Waals surface area (Å²) in [7, 11) is 1.48. The average molecular weight is 450 g/mol. The topological polar surface area (TPSA) is 78.8 Å². The molecule has 0 aliphatic heterocycles. The van der Waals surface area contributed by atoms with Crippen molar-refractivity contribution in [2.45, 2.75) is 97.1 Å². The van der Waals surface area contributed by atoms with Gasteiger partial charge < -0.3 is 20.3 Å². The van der Waals surface area contributed by atoms with Gasteiger partial charge in [-0.1, -0.05) is 20.8 Å². The second-order valence-corrected chi connectivity index (χ2v) is 12.3. The molecule has 4 aliphatic carbocycles. The number of hydrogen-bond donors (Lipinski definition) is 3. The second kappa shape index (κ2) is 9.54. The summed E-state index contributed by atoms with van der Waals surface area (Å²) in [6.45, 7) is 8.27. The molecule has 0 radical (unpaired) electrons. The quantitative estimate of drug-likeness (QED) is 0.509. The highest BCUT2D eigenvalue weighted by atomic mass is 16.5. The van der Waals surface area contributed by atoms with Gasteiger partial charge in [0.1, 0.15) is 0 Å². The van der Waals surface area contributed by atoms with Crippen LogP contribution in [0.15, 0.2) is 0 Å². The van der Waals surface area contributed by atoms with E-state index in [-0.39, 0.29) is 18.7 Å². The monoisotopic (exact) mass is 449 g/mol. The Balaban J connectivity index is 1.48. The molecule has 0 saturated heterocycles. The van der Waals surface area contributed by atoms with Crippen molar-refractivity contribution in [3.8, 4) is 0 Å². The fourth-order valence-corrected chi connectivity index (χ4v) is 9.30. The fourth-order valence-electron chi connectivity index (χ4n) is 9.30. The molecule has 5 heteroatoms. The molecule has 0 amide bonds. The average Bonchev–Trinajstić information content (AvgIpc) is 3.13. The van der Waals surface area contributed by atoms with Gasteiger partial charge in [0.2, 0.25) is 0 Å². The van der Waals surface area contributed by atoms with Crippen LogP contribution in [0.4, 0.5) is 0 Å². The summed E-state index contributed by atoms with van der Waals surface area (Å²) in [6.07, 6.45) is 10.8. The van der Waals surface area contributed by atoms with Crippen LogP contribution in [-0.4, -0.2) is 48.6 Å². The minimum Gasteiger partial charge on any atom is -0.469 e. The first-order chi connectivity index (χ1) is 15.2. The van der Waals surface area contributed by atoms with Gasteiger partial charge >= 0.3 is 5.97 Å². The third-order valence-electron chi connectivity index (χ3n) is 11.0. The Bertz CT molecular complexity index is 670. The second-order valence-electron chi connectivity index (χ2n) is 12.3. The molecule has 184 valence electrons. The Labute approximate surface area is 195 Å². The first-order valence-corrected chi connectivity index (χ1v) is 13.3.